The number of para-hydroxylation sites is 1. The van der Waals surface area contributed by atoms with Crippen LogP contribution in [0, 0.1) is 0 Å². The van der Waals surface area contributed by atoms with Gasteiger partial charge in [0.1, 0.15) is 0 Å². The molecule has 110 valence electrons. The van der Waals surface area contributed by atoms with E-state index in [2.05, 4.69) is 16.9 Å². The summed E-state index contributed by atoms with van der Waals surface area (Å²) >= 11 is 7.95. The molecule has 0 aliphatic heterocycles. The van der Waals surface area contributed by atoms with Crippen LogP contribution >= 0.6 is 23.4 Å². The molecule has 0 heterocycles. The first-order valence-electron chi connectivity index (χ1n) is 6.99. The van der Waals surface area contributed by atoms with E-state index in [0.29, 0.717) is 23.3 Å². The van der Waals surface area contributed by atoms with Crippen LogP contribution in [0.4, 0.5) is 5.69 Å². The predicted molar refractivity (Wildman–Crippen MR) is 87.6 cm³/mol. The van der Waals surface area contributed by atoms with Gasteiger partial charge >= 0.3 is 0 Å². The average molecular weight is 313 g/mol. The highest BCUT2D eigenvalue weighted by molar-refractivity contribution is 7.99. The van der Waals surface area contributed by atoms with Gasteiger partial charge in [0.15, 0.2) is 0 Å². The molecule has 5 heteroatoms. The second-order valence-electron chi connectivity index (χ2n) is 5.13. The van der Waals surface area contributed by atoms with Crippen LogP contribution in [0.25, 0.3) is 0 Å². The molecule has 1 aliphatic carbocycles. The van der Waals surface area contributed by atoms with Gasteiger partial charge < -0.3 is 10.6 Å². The highest BCUT2D eigenvalue weighted by Crippen LogP contribution is 2.26. The van der Waals surface area contributed by atoms with Crippen LogP contribution < -0.4 is 10.6 Å². The normalized spacial score (nSPS) is 22.5. The summed E-state index contributed by atoms with van der Waals surface area (Å²) in [7, 11) is 0. The fourth-order valence-corrected chi connectivity index (χ4v) is 3.55. The first kappa shape index (κ1) is 15.7. The maximum absolute atomic E-state index is 11.9. The van der Waals surface area contributed by atoms with Crippen molar-refractivity contribution < 1.29 is 4.79 Å². The lowest BCUT2D eigenvalue weighted by Crippen LogP contribution is -2.39. The van der Waals surface area contributed by atoms with E-state index in [9.17, 15) is 4.79 Å². The number of thioether (sulfide) groups is 1. The molecule has 2 rings (SSSR count). The summed E-state index contributed by atoms with van der Waals surface area (Å²) in [4.78, 5) is 11.9. The SMILES string of the molecule is CSC1CCCC(NCC(=O)Nc2ccccc2Cl)C1. The quantitative estimate of drug-likeness (QED) is 0.873. The lowest BCUT2D eigenvalue weighted by atomic mass is 9.95. The third kappa shape index (κ3) is 4.69. The molecule has 20 heavy (non-hydrogen) atoms. The molecule has 0 spiro atoms. The summed E-state index contributed by atoms with van der Waals surface area (Å²) in [5, 5.41) is 7.49. The monoisotopic (exact) mass is 312 g/mol. The van der Waals surface area contributed by atoms with Crippen LogP contribution in [-0.2, 0) is 4.79 Å². The summed E-state index contributed by atoms with van der Waals surface area (Å²) < 4.78 is 0. The van der Waals surface area contributed by atoms with Crippen molar-refractivity contribution in [1.82, 2.24) is 5.32 Å². The number of benzene rings is 1. The van der Waals surface area contributed by atoms with Crippen molar-refractivity contribution in [3.63, 3.8) is 0 Å². The molecule has 1 amide bonds. The molecule has 1 fully saturated rings. The molecule has 2 atom stereocenters. The van der Waals surface area contributed by atoms with Crippen LogP contribution in [0.15, 0.2) is 24.3 Å². The van der Waals surface area contributed by atoms with E-state index in [-0.39, 0.29) is 5.91 Å². The maximum atomic E-state index is 11.9. The zero-order valence-corrected chi connectivity index (χ0v) is 13.3. The number of carbonyl (C=O) groups is 1. The van der Waals surface area contributed by atoms with E-state index >= 15 is 0 Å². The van der Waals surface area contributed by atoms with Crippen LogP contribution in [0.3, 0.4) is 0 Å². The number of halogens is 1. The average Bonchev–Trinajstić information content (AvgIpc) is 2.48. The lowest BCUT2D eigenvalue weighted by Gasteiger charge is -2.28. The number of nitrogens with one attached hydrogen (secondary N) is 2. The van der Waals surface area contributed by atoms with Gasteiger partial charge in [0.25, 0.3) is 0 Å². The molecule has 2 unspecified atom stereocenters. The van der Waals surface area contributed by atoms with Crippen molar-refractivity contribution in [2.24, 2.45) is 0 Å². The number of hydrogen-bond donors (Lipinski definition) is 2. The number of rotatable bonds is 5. The molecular weight excluding hydrogens is 292 g/mol. The Bertz CT molecular complexity index is 455. The van der Waals surface area contributed by atoms with Gasteiger partial charge in [-0.2, -0.15) is 11.8 Å². The summed E-state index contributed by atoms with van der Waals surface area (Å²) in [5.74, 6) is -0.0376. The van der Waals surface area contributed by atoms with Crippen molar-refractivity contribution >= 4 is 35.0 Å². The van der Waals surface area contributed by atoms with Crippen LogP contribution in [-0.4, -0.2) is 30.0 Å². The van der Waals surface area contributed by atoms with Crippen molar-refractivity contribution in [1.29, 1.82) is 0 Å². The molecule has 3 nitrogen and oxygen atoms in total. The number of carbonyl (C=O) groups excluding carboxylic acids is 1. The first-order chi connectivity index (χ1) is 9.69. The third-order valence-corrected chi connectivity index (χ3v) is 5.08. The molecule has 1 aromatic rings. The Morgan fingerprint density at radius 2 is 2.20 bits per heavy atom. The van der Waals surface area contributed by atoms with Crippen LogP contribution in [0.5, 0.6) is 0 Å². The van der Waals surface area contributed by atoms with E-state index < -0.39 is 0 Å². The molecule has 0 bridgehead atoms. The Balaban J connectivity index is 1.76. The predicted octanol–water partition coefficient (Wildman–Crippen LogP) is 3.54. The first-order valence-corrected chi connectivity index (χ1v) is 8.66. The molecule has 0 saturated heterocycles. The second-order valence-corrected chi connectivity index (χ2v) is 6.68. The second kappa shape index (κ2) is 7.91. The molecule has 0 aromatic heterocycles. The maximum Gasteiger partial charge on any atom is 0.238 e. The zero-order valence-electron chi connectivity index (χ0n) is 11.7. The molecule has 2 N–H and O–H groups in total. The highest BCUT2D eigenvalue weighted by atomic mass is 35.5. The van der Waals surface area contributed by atoms with Gasteiger partial charge in [0.2, 0.25) is 5.91 Å². The van der Waals surface area contributed by atoms with Crippen molar-refractivity contribution in [2.45, 2.75) is 37.0 Å². The molecular formula is C15H21ClN2OS. The topological polar surface area (TPSA) is 41.1 Å². The Morgan fingerprint density at radius 3 is 2.95 bits per heavy atom. The molecule has 1 aromatic carbocycles. The number of anilines is 1. The Labute approximate surface area is 129 Å². The Kier molecular flexibility index (Phi) is 6.20. The summed E-state index contributed by atoms with van der Waals surface area (Å²) in [6.07, 6.45) is 7.02. The smallest absolute Gasteiger partial charge is 0.238 e. The van der Waals surface area contributed by atoms with Crippen LogP contribution in [0.1, 0.15) is 25.7 Å². The fourth-order valence-electron chi connectivity index (χ4n) is 2.54. The van der Waals surface area contributed by atoms with Gasteiger partial charge in [-0.1, -0.05) is 30.2 Å². The van der Waals surface area contributed by atoms with E-state index in [1.54, 1.807) is 6.07 Å². The van der Waals surface area contributed by atoms with Gasteiger partial charge in [-0.05, 0) is 37.7 Å². The minimum atomic E-state index is -0.0376. The summed E-state index contributed by atoms with van der Waals surface area (Å²) in [6.45, 7) is 0.344. The lowest BCUT2D eigenvalue weighted by molar-refractivity contribution is -0.115. The van der Waals surface area contributed by atoms with E-state index in [1.165, 1.54) is 12.8 Å². The van der Waals surface area contributed by atoms with E-state index in [1.807, 2.05) is 30.0 Å². The molecule has 0 radical (unpaired) electrons. The highest BCUT2D eigenvalue weighted by Gasteiger charge is 2.21. The van der Waals surface area contributed by atoms with Gasteiger partial charge in [-0.25, -0.2) is 0 Å². The Hall–Kier alpha value is -0.710. The van der Waals surface area contributed by atoms with Gasteiger partial charge in [-0.15, -0.1) is 0 Å². The van der Waals surface area contributed by atoms with E-state index in [4.69, 9.17) is 11.6 Å². The van der Waals surface area contributed by atoms with Crippen molar-refractivity contribution in [2.75, 3.05) is 18.1 Å². The fraction of sp³-hybridized carbons (Fsp3) is 0.533. The minimum Gasteiger partial charge on any atom is -0.324 e. The summed E-state index contributed by atoms with van der Waals surface area (Å²) in [5.41, 5.74) is 0.673. The summed E-state index contributed by atoms with van der Waals surface area (Å²) in [6, 6.07) is 7.75. The number of hydrogen-bond acceptors (Lipinski definition) is 3. The van der Waals surface area contributed by atoms with Gasteiger partial charge in [0, 0.05) is 11.3 Å². The zero-order chi connectivity index (χ0) is 14.4. The van der Waals surface area contributed by atoms with Gasteiger partial charge in [-0.3, -0.25) is 4.79 Å². The van der Waals surface area contributed by atoms with E-state index in [0.717, 1.165) is 18.1 Å². The van der Waals surface area contributed by atoms with Gasteiger partial charge in [0.05, 0.1) is 17.3 Å². The Morgan fingerprint density at radius 1 is 1.40 bits per heavy atom. The largest absolute Gasteiger partial charge is 0.324 e. The van der Waals surface area contributed by atoms with Crippen molar-refractivity contribution in [3.05, 3.63) is 29.3 Å². The molecule has 1 aliphatic rings. The third-order valence-electron chi connectivity index (χ3n) is 3.66. The molecule has 1 saturated carbocycles. The van der Waals surface area contributed by atoms with Crippen LogP contribution in [0.2, 0.25) is 5.02 Å². The standard InChI is InChI=1S/C15H21ClN2OS/c1-20-12-6-4-5-11(9-12)17-10-15(19)18-14-8-3-2-7-13(14)16/h2-3,7-8,11-12,17H,4-6,9-10H2,1H3,(H,18,19). The van der Waals surface area contributed by atoms with Crippen molar-refractivity contribution in [3.8, 4) is 0 Å². The minimum absolute atomic E-state index is 0.0376. The number of amides is 1.